The van der Waals surface area contributed by atoms with Gasteiger partial charge in [0.2, 0.25) is 10.0 Å². The van der Waals surface area contributed by atoms with E-state index in [0.717, 1.165) is 33.2 Å². The van der Waals surface area contributed by atoms with E-state index in [2.05, 4.69) is 9.62 Å². The molecule has 7 heteroatoms. The number of nitrogens with one attached hydrogen (secondary N) is 1. The Labute approximate surface area is 219 Å². The molecular weight excluding hydrogens is 484 g/mol. The quantitative estimate of drug-likeness (QED) is 0.275. The SMILES string of the molecule is COCCN(CCOC)c1ccccc1C(NS(=O)(=O)c1ccc(C)cc1)c1cccc2ccccc12. The number of fused-ring (bicyclic) bond motifs is 1. The highest BCUT2D eigenvalue weighted by atomic mass is 32.2. The maximum atomic E-state index is 13.7. The molecule has 0 spiro atoms. The van der Waals surface area contributed by atoms with Crippen molar-refractivity contribution in [2.45, 2.75) is 17.9 Å². The first kappa shape index (κ1) is 26.8. The maximum absolute atomic E-state index is 13.7. The van der Waals surface area contributed by atoms with Crippen molar-refractivity contribution in [2.75, 3.05) is 45.4 Å². The predicted molar refractivity (Wildman–Crippen MR) is 150 cm³/mol. The van der Waals surface area contributed by atoms with Crippen molar-refractivity contribution in [1.29, 1.82) is 0 Å². The highest BCUT2D eigenvalue weighted by Gasteiger charge is 2.27. The minimum atomic E-state index is -3.84. The van der Waals surface area contributed by atoms with Crippen molar-refractivity contribution < 1.29 is 17.9 Å². The molecule has 0 aliphatic carbocycles. The van der Waals surface area contributed by atoms with Crippen LogP contribution in [-0.4, -0.2) is 48.9 Å². The van der Waals surface area contributed by atoms with Gasteiger partial charge in [0.15, 0.2) is 0 Å². The Morgan fingerprint density at radius 3 is 2.05 bits per heavy atom. The van der Waals surface area contributed by atoms with Crippen molar-refractivity contribution >= 4 is 26.5 Å². The number of rotatable bonds is 12. The van der Waals surface area contributed by atoms with Crippen LogP contribution in [0, 0.1) is 6.92 Å². The zero-order chi connectivity index (χ0) is 26.3. The lowest BCUT2D eigenvalue weighted by atomic mass is 9.93. The van der Waals surface area contributed by atoms with Crippen LogP contribution in [0.4, 0.5) is 5.69 Å². The van der Waals surface area contributed by atoms with Crippen LogP contribution in [0.5, 0.6) is 0 Å². The molecular formula is C30H34N2O4S. The standard InChI is InChI=1S/C30H34N2O4S/c1-23-15-17-25(18-16-23)37(33,34)31-30(27-13-8-10-24-9-4-5-11-26(24)27)28-12-6-7-14-29(28)32(19-21-35-2)20-22-36-3/h4-18,30-31H,19-22H2,1-3H3. The smallest absolute Gasteiger partial charge is 0.241 e. The van der Waals surface area contributed by atoms with E-state index in [1.165, 1.54) is 0 Å². The van der Waals surface area contributed by atoms with Crippen molar-refractivity contribution in [3.05, 3.63) is 108 Å². The number of benzene rings is 4. The molecule has 0 saturated carbocycles. The third-order valence-electron chi connectivity index (χ3n) is 6.46. The number of ether oxygens (including phenoxy) is 2. The van der Waals surface area contributed by atoms with Crippen LogP contribution in [0.3, 0.4) is 0 Å². The molecule has 0 amide bonds. The van der Waals surface area contributed by atoms with Crippen LogP contribution >= 0.6 is 0 Å². The fourth-order valence-electron chi connectivity index (χ4n) is 4.51. The molecule has 0 aromatic heterocycles. The molecule has 1 N–H and O–H groups in total. The highest BCUT2D eigenvalue weighted by molar-refractivity contribution is 7.89. The Morgan fingerprint density at radius 1 is 0.757 bits per heavy atom. The Balaban J connectivity index is 1.88. The van der Waals surface area contributed by atoms with E-state index in [4.69, 9.17) is 9.47 Å². The Bertz CT molecular complexity index is 1410. The number of methoxy groups -OCH3 is 2. The second-order valence-electron chi connectivity index (χ2n) is 8.97. The van der Waals surface area contributed by atoms with Gasteiger partial charge < -0.3 is 14.4 Å². The number of nitrogens with zero attached hydrogens (tertiary/aromatic N) is 1. The molecule has 0 saturated heterocycles. The molecule has 0 heterocycles. The van der Waals surface area contributed by atoms with Crippen LogP contribution in [-0.2, 0) is 19.5 Å². The molecule has 4 aromatic rings. The third kappa shape index (κ3) is 6.37. The molecule has 0 aliphatic rings. The zero-order valence-electron chi connectivity index (χ0n) is 21.6. The van der Waals surface area contributed by atoms with E-state index in [9.17, 15) is 8.42 Å². The van der Waals surface area contributed by atoms with Crippen molar-refractivity contribution in [3.63, 3.8) is 0 Å². The lowest BCUT2D eigenvalue weighted by molar-refractivity contribution is 0.190. The predicted octanol–water partition coefficient (Wildman–Crippen LogP) is 5.32. The summed E-state index contributed by atoms with van der Waals surface area (Å²) in [7, 11) is -0.484. The lowest BCUT2D eigenvalue weighted by Gasteiger charge is -2.30. The van der Waals surface area contributed by atoms with Gasteiger partial charge >= 0.3 is 0 Å². The number of anilines is 1. The van der Waals surface area contributed by atoms with Crippen LogP contribution in [0.15, 0.2) is 95.9 Å². The van der Waals surface area contributed by atoms with Gasteiger partial charge in [-0.15, -0.1) is 0 Å². The summed E-state index contributed by atoms with van der Waals surface area (Å²) in [4.78, 5) is 2.41. The summed E-state index contributed by atoms with van der Waals surface area (Å²) < 4.78 is 41.2. The molecule has 0 fully saturated rings. The molecule has 37 heavy (non-hydrogen) atoms. The lowest BCUT2D eigenvalue weighted by Crippen LogP contribution is -2.34. The molecule has 4 rings (SSSR count). The van der Waals surface area contributed by atoms with Gasteiger partial charge in [-0.3, -0.25) is 0 Å². The van der Waals surface area contributed by atoms with Crippen LogP contribution in [0.1, 0.15) is 22.7 Å². The summed E-state index contributed by atoms with van der Waals surface area (Å²) in [5, 5.41) is 2.05. The van der Waals surface area contributed by atoms with Gasteiger partial charge in [0.1, 0.15) is 0 Å². The Morgan fingerprint density at radius 2 is 1.35 bits per heavy atom. The second kappa shape index (κ2) is 12.3. The topological polar surface area (TPSA) is 67.9 Å². The first-order valence-corrected chi connectivity index (χ1v) is 13.8. The monoisotopic (exact) mass is 518 g/mol. The van der Waals surface area contributed by atoms with E-state index in [0.29, 0.717) is 26.3 Å². The zero-order valence-corrected chi connectivity index (χ0v) is 22.4. The summed E-state index contributed by atoms with van der Waals surface area (Å²) in [6, 6.07) is 28.3. The largest absolute Gasteiger partial charge is 0.383 e. The minimum Gasteiger partial charge on any atom is -0.383 e. The number of para-hydroxylation sites is 1. The van der Waals surface area contributed by atoms with Crippen molar-refractivity contribution in [3.8, 4) is 0 Å². The minimum absolute atomic E-state index is 0.233. The summed E-state index contributed by atoms with van der Waals surface area (Å²) in [5.74, 6) is 0. The van der Waals surface area contributed by atoms with Gasteiger partial charge in [-0.2, -0.15) is 4.72 Å². The van der Waals surface area contributed by atoms with E-state index in [1.54, 1.807) is 26.4 Å². The van der Waals surface area contributed by atoms with E-state index in [-0.39, 0.29) is 4.90 Å². The molecule has 0 bridgehead atoms. The fourth-order valence-corrected chi connectivity index (χ4v) is 5.71. The summed E-state index contributed by atoms with van der Waals surface area (Å²) in [6.07, 6.45) is 0. The molecule has 0 aliphatic heterocycles. The van der Waals surface area contributed by atoms with Crippen LogP contribution in [0.25, 0.3) is 10.8 Å². The van der Waals surface area contributed by atoms with Gasteiger partial charge in [-0.05, 0) is 47.0 Å². The normalized spacial score (nSPS) is 12.5. The van der Waals surface area contributed by atoms with Gasteiger partial charge in [-0.1, -0.05) is 78.4 Å². The summed E-state index contributed by atoms with van der Waals surface area (Å²) in [5.41, 5.74) is 3.68. The Kier molecular flexibility index (Phi) is 8.95. The molecule has 0 radical (unpaired) electrons. The summed E-state index contributed by atoms with van der Waals surface area (Å²) in [6.45, 7) is 4.29. The van der Waals surface area contributed by atoms with Crippen LogP contribution in [0.2, 0.25) is 0 Å². The first-order chi connectivity index (χ1) is 17.9. The molecule has 1 atom stereocenters. The van der Waals surface area contributed by atoms with Crippen molar-refractivity contribution in [1.82, 2.24) is 4.72 Å². The number of sulfonamides is 1. The molecule has 1 unspecified atom stereocenters. The number of hydrogen-bond acceptors (Lipinski definition) is 5. The van der Waals surface area contributed by atoms with Crippen LogP contribution < -0.4 is 9.62 Å². The molecule has 194 valence electrons. The van der Waals surface area contributed by atoms with E-state index in [1.807, 2.05) is 85.8 Å². The average Bonchev–Trinajstić information content (AvgIpc) is 2.92. The molecule has 6 nitrogen and oxygen atoms in total. The van der Waals surface area contributed by atoms with Gasteiger partial charge in [0.25, 0.3) is 0 Å². The second-order valence-corrected chi connectivity index (χ2v) is 10.7. The van der Waals surface area contributed by atoms with E-state index < -0.39 is 16.1 Å². The van der Waals surface area contributed by atoms with Crippen molar-refractivity contribution in [2.24, 2.45) is 0 Å². The summed E-state index contributed by atoms with van der Waals surface area (Å²) >= 11 is 0. The van der Waals surface area contributed by atoms with E-state index >= 15 is 0 Å². The molecule has 4 aromatic carbocycles. The average molecular weight is 519 g/mol. The highest BCUT2D eigenvalue weighted by Crippen LogP contribution is 2.35. The maximum Gasteiger partial charge on any atom is 0.241 e. The first-order valence-electron chi connectivity index (χ1n) is 12.3. The number of aryl methyl sites for hydroxylation is 1. The number of hydrogen-bond donors (Lipinski definition) is 1. The fraction of sp³-hybridized carbons (Fsp3) is 0.267. The van der Waals surface area contributed by atoms with Gasteiger partial charge in [-0.25, -0.2) is 8.42 Å². The Hall–Kier alpha value is -3.23. The third-order valence-corrected chi connectivity index (χ3v) is 7.90. The van der Waals surface area contributed by atoms with Gasteiger partial charge in [0, 0.05) is 33.0 Å². The van der Waals surface area contributed by atoms with Gasteiger partial charge in [0.05, 0.1) is 24.2 Å².